The van der Waals surface area contributed by atoms with Gasteiger partial charge in [0.15, 0.2) is 0 Å². The van der Waals surface area contributed by atoms with E-state index >= 15 is 0 Å². The van der Waals surface area contributed by atoms with E-state index in [-0.39, 0.29) is 11.6 Å². The van der Waals surface area contributed by atoms with Crippen LogP contribution < -0.4 is 5.32 Å². The molecule has 0 aromatic heterocycles. The van der Waals surface area contributed by atoms with Crippen LogP contribution in [0.15, 0.2) is 45.3 Å². The van der Waals surface area contributed by atoms with Crippen molar-refractivity contribution in [1.82, 2.24) is 0 Å². The Balaban J connectivity index is 2.11. The molecule has 2 aromatic rings. The average Bonchev–Trinajstić information content (AvgIpc) is 2.26. The highest BCUT2D eigenvalue weighted by atomic mass is 79.9. The molecular formula is C13H9Br2F2N. The van der Waals surface area contributed by atoms with Crippen LogP contribution >= 0.6 is 31.9 Å². The van der Waals surface area contributed by atoms with Gasteiger partial charge >= 0.3 is 0 Å². The van der Waals surface area contributed by atoms with Gasteiger partial charge in [-0.15, -0.1) is 0 Å². The lowest BCUT2D eigenvalue weighted by atomic mass is 10.2. The van der Waals surface area contributed by atoms with Crippen LogP contribution in [0.3, 0.4) is 0 Å². The summed E-state index contributed by atoms with van der Waals surface area (Å²) in [5.74, 6) is -0.597. The van der Waals surface area contributed by atoms with Crippen molar-refractivity contribution in [2.24, 2.45) is 0 Å². The predicted molar refractivity (Wildman–Crippen MR) is 75.5 cm³/mol. The molecule has 18 heavy (non-hydrogen) atoms. The van der Waals surface area contributed by atoms with Gasteiger partial charge in [0, 0.05) is 21.2 Å². The largest absolute Gasteiger partial charge is 0.380 e. The predicted octanol–water partition coefficient (Wildman–Crippen LogP) is 5.10. The summed E-state index contributed by atoms with van der Waals surface area (Å²) in [6.45, 7) is 0.459. The molecule has 0 amide bonds. The number of anilines is 1. The maximum atomic E-state index is 13.2. The summed E-state index contributed by atoms with van der Waals surface area (Å²) < 4.78 is 27.4. The Morgan fingerprint density at radius 2 is 1.72 bits per heavy atom. The van der Waals surface area contributed by atoms with E-state index < -0.39 is 0 Å². The minimum Gasteiger partial charge on any atom is -0.380 e. The van der Waals surface area contributed by atoms with E-state index in [9.17, 15) is 8.78 Å². The molecule has 0 aliphatic carbocycles. The van der Waals surface area contributed by atoms with Crippen LogP contribution in [0.25, 0.3) is 0 Å². The third-order valence-corrected chi connectivity index (χ3v) is 3.45. The van der Waals surface area contributed by atoms with Gasteiger partial charge in [-0.2, -0.15) is 0 Å². The lowest BCUT2D eigenvalue weighted by Crippen LogP contribution is -2.00. The molecule has 1 N–H and O–H groups in total. The molecule has 0 fully saturated rings. The van der Waals surface area contributed by atoms with E-state index in [4.69, 9.17) is 0 Å². The molecule has 0 spiro atoms. The average molecular weight is 377 g/mol. The highest BCUT2D eigenvalue weighted by Crippen LogP contribution is 2.24. The number of hydrogen-bond donors (Lipinski definition) is 1. The van der Waals surface area contributed by atoms with E-state index in [1.165, 1.54) is 24.3 Å². The first-order chi connectivity index (χ1) is 8.54. The van der Waals surface area contributed by atoms with Crippen LogP contribution in [-0.4, -0.2) is 0 Å². The first-order valence-electron chi connectivity index (χ1n) is 5.18. The van der Waals surface area contributed by atoms with Crippen molar-refractivity contribution in [3.05, 3.63) is 62.5 Å². The van der Waals surface area contributed by atoms with Crippen molar-refractivity contribution in [3.8, 4) is 0 Å². The smallest absolute Gasteiger partial charge is 0.124 e. The zero-order valence-electron chi connectivity index (χ0n) is 9.18. The molecule has 0 heterocycles. The number of nitrogens with one attached hydrogen (secondary N) is 1. The molecule has 0 aliphatic rings. The van der Waals surface area contributed by atoms with Gasteiger partial charge in [-0.3, -0.25) is 0 Å². The number of hydrogen-bond acceptors (Lipinski definition) is 1. The summed E-state index contributed by atoms with van der Waals surface area (Å²) in [6.07, 6.45) is 0. The first-order valence-corrected chi connectivity index (χ1v) is 6.77. The van der Waals surface area contributed by atoms with Crippen LogP contribution in [-0.2, 0) is 6.54 Å². The van der Waals surface area contributed by atoms with Crippen molar-refractivity contribution < 1.29 is 8.78 Å². The van der Waals surface area contributed by atoms with Crippen molar-refractivity contribution in [2.75, 3.05) is 5.32 Å². The van der Waals surface area contributed by atoms with Gasteiger partial charge in [-0.05, 0) is 57.9 Å². The number of benzene rings is 2. The van der Waals surface area contributed by atoms with Gasteiger partial charge in [-0.1, -0.05) is 15.9 Å². The quantitative estimate of drug-likeness (QED) is 0.785. The standard InChI is InChI=1S/C13H9Br2F2N/c14-9-3-8(4-11(17)5-9)7-18-13-2-1-10(16)6-12(13)15/h1-6,18H,7H2. The van der Waals surface area contributed by atoms with Crippen molar-refractivity contribution in [3.63, 3.8) is 0 Å². The molecular weight excluding hydrogens is 368 g/mol. The summed E-state index contributed by atoms with van der Waals surface area (Å²) in [4.78, 5) is 0. The fraction of sp³-hybridized carbons (Fsp3) is 0.0769. The molecule has 2 rings (SSSR count). The zero-order chi connectivity index (χ0) is 13.1. The number of rotatable bonds is 3. The third-order valence-electron chi connectivity index (χ3n) is 2.34. The van der Waals surface area contributed by atoms with E-state index in [0.29, 0.717) is 15.5 Å². The molecule has 0 aliphatic heterocycles. The highest BCUT2D eigenvalue weighted by Gasteiger charge is 2.03. The van der Waals surface area contributed by atoms with E-state index in [2.05, 4.69) is 37.2 Å². The molecule has 0 saturated carbocycles. The molecule has 5 heteroatoms. The lowest BCUT2D eigenvalue weighted by Gasteiger charge is -2.09. The molecule has 2 aromatic carbocycles. The van der Waals surface area contributed by atoms with E-state index in [1.807, 2.05) is 6.07 Å². The van der Waals surface area contributed by atoms with Crippen LogP contribution in [0, 0.1) is 11.6 Å². The fourth-order valence-electron chi connectivity index (χ4n) is 1.54. The SMILES string of the molecule is Fc1cc(Br)cc(CNc2ccc(F)cc2Br)c1. The molecule has 0 unspecified atom stereocenters. The summed E-state index contributed by atoms with van der Waals surface area (Å²) >= 11 is 6.50. The Labute approximate surface area is 120 Å². The molecule has 0 radical (unpaired) electrons. The maximum Gasteiger partial charge on any atom is 0.124 e. The van der Waals surface area contributed by atoms with Gasteiger partial charge in [-0.25, -0.2) is 8.78 Å². The van der Waals surface area contributed by atoms with Crippen LogP contribution in [0.2, 0.25) is 0 Å². The topological polar surface area (TPSA) is 12.0 Å². The van der Waals surface area contributed by atoms with E-state index in [0.717, 1.165) is 11.3 Å². The number of halogens is 4. The Hall–Kier alpha value is -0.940. The van der Waals surface area contributed by atoms with Gasteiger partial charge in [0.1, 0.15) is 11.6 Å². The molecule has 94 valence electrons. The minimum absolute atomic E-state index is 0.292. The third kappa shape index (κ3) is 3.53. The van der Waals surface area contributed by atoms with Gasteiger partial charge in [0.05, 0.1) is 0 Å². The van der Waals surface area contributed by atoms with E-state index in [1.54, 1.807) is 6.07 Å². The summed E-state index contributed by atoms with van der Waals surface area (Å²) in [5, 5.41) is 3.11. The zero-order valence-corrected chi connectivity index (χ0v) is 12.4. The minimum atomic E-state index is -0.305. The van der Waals surface area contributed by atoms with Crippen LogP contribution in [0.5, 0.6) is 0 Å². The lowest BCUT2D eigenvalue weighted by molar-refractivity contribution is 0.625. The van der Waals surface area contributed by atoms with Gasteiger partial charge in [0.2, 0.25) is 0 Å². The summed E-state index contributed by atoms with van der Waals surface area (Å²) in [6, 6.07) is 9.06. The summed E-state index contributed by atoms with van der Waals surface area (Å²) in [5.41, 5.74) is 1.56. The van der Waals surface area contributed by atoms with Gasteiger partial charge in [0.25, 0.3) is 0 Å². The maximum absolute atomic E-state index is 13.2. The van der Waals surface area contributed by atoms with Crippen molar-refractivity contribution in [2.45, 2.75) is 6.54 Å². The van der Waals surface area contributed by atoms with Crippen LogP contribution in [0.1, 0.15) is 5.56 Å². The monoisotopic (exact) mass is 375 g/mol. The Morgan fingerprint density at radius 1 is 0.944 bits per heavy atom. The molecule has 0 bridgehead atoms. The van der Waals surface area contributed by atoms with Gasteiger partial charge < -0.3 is 5.32 Å². The molecule has 1 nitrogen and oxygen atoms in total. The normalized spacial score (nSPS) is 10.4. The van der Waals surface area contributed by atoms with Crippen molar-refractivity contribution in [1.29, 1.82) is 0 Å². The molecule has 0 atom stereocenters. The second-order valence-electron chi connectivity index (χ2n) is 3.76. The highest BCUT2D eigenvalue weighted by molar-refractivity contribution is 9.10. The second kappa shape index (κ2) is 5.80. The molecule has 0 saturated heterocycles. The second-order valence-corrected chi connectivity index (χ2v) is 5.53. The Kier molecular flexibility index (Phi) is 4.35. The summed E-state index contributed by atoms with van der Waals surface area (Å²) in [7, 11) is 0. The first kappa shape index (κ1) is 13.5. The van der Waals surface area contributed by atoms with Crippen LogP contribution in [0.4, 0.5) is 14.5 Å². The van der Waals surface area contributed by atoms with Crippen molar-refractivity contribution >= 4 is 37.5 Å². The fourth-order valence-corrected chi connectivity index (χ4v) is 2.55. The Morgan fingerprint density at radius 3 is 2.39 bits per heavy atom. The Bertz CT molecular complexity index is 553.